The predicted molar refractivity (Wildman–Crippen MR) is 136 cm³/mol. The van der Waals surface area contributed by atoms with Gasteiger partial charge < -0.3 is 14.8 Å². The molecule has 0 bridgehead atoms. The van der Waals surface area contributed by atoms with Crippen LogP contribution in [0.4, 0.5) is 0 Å². The Morgan fingerprint density at radius 1 is 1.12 bits per heavy atom. The van der Waals surface area contributed by atoms with Gasteiger partial charge in [-0.15, -0.1) is 0 Å². The first-order valence-corrected chi connectivity index (χ1v) is 12.6. The largest absolute Gasteiger partial charge is 0.490 e. The van der Waals surface area contributed by atoms with Gasteiger partial charge in [0.1, 0.15) is 24.8 Å². The van der Waals surface area contributed by atoms with Crippen molar-refractivity contribution in [2.75, 3.05) is 25.2 Å². The third kappa shape index (κ3) is 6.08. The molecule has 34 heavy (non-hydrogen) atoms. The van der Waals surface area contributed by atoms with Crippen LogP contribution in [-0.2, 0) is 0 Å². The first-order valence-electron chi connectivity index (χ1n) is 11.2. The average Bonchev–Trinajstić information content (AvgIpc) is 3.29. The summed E-state index contributed by atoms with van der Waals surface area (Å²) in [5, 5.41) is 2.96. The first-order chi connectivity index (χ1) is 16.6. The van der Waals surface area contributed by atoms with E-state index in [4.69, 9.17) is 9.47 Å². The highest BCUT2D eigenvalue weighted by atomic mass is 32.2. The van der Waals surface area contributed by atoms with E-state index in [9.17, 15) is 4.79 Å². The second-order valence-electron chi connectivity index (χ2n) is 7.82. The highest BCUT2D eigenvalue weighted by Crippen LogP contribution is 2.22. The van der Waals surface area contributed by atoms with Crippen molar-refractivity contribution in [3.63, 3.8) is 0 Å². The lowest BCUT2D eigenvalue weighted by Crippen LogP contribution is -2.24. The summed E-state index contributed by atoms with van der Waals surface area (Å²) in [5.41, 5.74) is 3.29. The Balaban J connectivity index is 1.37. The molecule has 176 valence electrons. The molecule has 8 heteroatoms. The Labute approximate surface area is 203 Å². The Morgan fingerprint density at radius 3 is 2.74 bits per heavy atom. The van der Waals surface area contributed by atoms with Gasteiger partial charge in [-0.1, -0.05) is 6.07 Å². The molecule has 0 radical (unpaired) electrons. The number of benzene rings is 2. The number of imidazole rings is 1. The van der Waals surface area contributed by atoms with Crippen molar-refractivity contribution in [1.82, 2.24) is 19.9 Å². The molecule has 0 saturated heterocycles. The number of aromatic nitrogens is 3. The molecule has 2 aromatic heterocycles. The molecule has 7 nitrogen and oxygen atoms in total. The number of nitrogens with zero attached hydrogens (tertiary/aromatic N) is 3. The second-order valence-corrected chi connectivity index (χ2v) is 8.81. The molecule has 0 aliphatic heterocycles. The Morgan fingerprint density at radius 2 is 1.97 bits per heavy atom. The smallest absolute Gasteiger partial charge is 0.251 e. The number of hydrogen-bond donors (Lipinski definition) is 1. The summed E-state index contributed by atoms with van der Waals surface area (Å²) in [6.07, 6.45) is 6.35. The zero-order valence-electron chi connectivity index (χ0n) is 19.3. The van der Waals surface area contributed by atoms with Crippen molar-refractivity contribution in [3.8, 4) is 17.3 Å². The van der Waals surface area contributed by atoms with E-state index >= 15 is 0 Å². The van der Waals surface area contributed by atoms with E-state index in [1.807, 2.05) is 72.2 Å². The summed E-state index contributed by atoms with van der Waals surface area (Å²) >= 11 is 1.78. The maximum absolute atomic E-state index is 12.4. The molecule has 0 saturated carbocycles. The fourth-order valence-electron chi connectivity index (χ4n) is 3.45. The summed E-state index contributed by atoms with van der Waals surface area (Å²) in [4.78, 5) is 21.1. The van der Waals surface area contributed by atoms with Crippen LogP contribution in [0, 0.1) is 0 Å². The molecule has 2 heterocycles. The normalized spacial score (nSPS) is 11.8. The molecule has 1 unspecified atom stereocenters. The Kier molecular flexibility index (Phi) is 8.04. The van der Waals surface area contributed by atoms with Gasteiger partial charge in [0.25, 0.3) is 5.91 Å². The Bertz CT molecular complexity index is 1210. The molecule has 4 aromatic rings. The lowest BCUT2D eigenvalue weighted by Gasteiger charge is -2.15. The molecule has 4 rings (SSSR count). The number of fused-ring (bicyclic) bond motifs is 1. The Hall–Kier alpha value is -3.52. The van der Waals surface area contributed by atoms with Crippen molar-refractivity contribution in [1.29, 1.82) is 0 Å². The minimum Gasteiger partial charge on any atom is -0.490 e. The molecule has 1 amide bonds. The van der Waals surface area contributed by atoms with E-state index in [0.29, 0.717) is 24.6 Å². The summed E-state index contributed by atoms with van der Waals surface area (Å²) in [5.74, 6) is 2.30. The van der Waals surface area contributed by atoms with Crippen molar-refractivity contribution >= 4 is 28.7 Å². The predicted octanol–water partition coefficient (Wildman–Crippen LogP) is 4.75. The lowest BCUT2D eigenvalue weighted by atomic mass is 10.2. The van der Waals surface area contributed by atoms with Crippen LogP contribution in [0.5, 0.6) is 11.6 Å². The van der Waals surface area contributed by atoms with Gasteiger partial charge in [0.15, 0.2) is 0 Å². The van der Waals surface area contributed by atoms with Crippen LogP contribution in [0.15, 0.2) is 73.2 Å². The quantitative estimate of drug-likeness (QED) is 0.315. The van der Waals surface area contributed by atoms with E-state index in [1.54, 1.807) is 24.3 Å². The molecule has 1 N–H and O–H groups in total. The van der Waals surface area contributed by atoms with Crippen molar-refractivity contribution in [3.05, 3.63) is 78.8 Å². The van der Waals surface area contributed by atoms with Crippen LogP contribution in [-0.4, -0.2) is 51.7 Å². The number of carbonyl (C=O) groups excluding carboxylic acids is 1. The van der Waals surface area contributed by atoms with Crippen LogP contribution in [0.1, 0.15) is 23.7 Å². The highest BCUT2D eigenvalue weighted by Gasteiger charge is 2.11. The fraction of sp³-hybridized carbons (Fsp3) is 0.269. The number of pyridine rings is 1. The molecular weight excluding hydrogens is 448 g/mol. The van der Waals surface area contributed by atoms with Gasteiger partial charge in [0.2, 0.25) is 5.88 Å². The van der Waals surface area contributed by atoms with E-state index in [1.165, 1.54) is 0 Å². The van der Waals surface area contributed by atoms with Crippen LogP contribution in [0.2, 0.25) is 0 Å². The summed E-state index contributed by atoms with van der Waals surface area (Å²) in [7, 11) is 0. The third-order valence-electron chi connectivity index (χ3n) is 5.18. The van der Waals surface area contributed by atoms with E-state index < -0.39 is 0 Å². The van der Waals surface area contributed by atoms with E-state index in [2.05, 4.69) is 21.5 Å². The van der Waals surface area contributed by atoms with Crippen LogP contribution in [0.25, 0.3) is 16.7 Å². The van der Waals surface area contributed by atoms with Gasteiger partial charge in [0, 0.05) is 30.1 Å². The lowest BCUT2D eigenvalue weighted by molar-refractivity contribution is 0.0954. The highest BCUT2D eigenvalue weighted by molar-refractivity contribution is 7.98. The van der Waals surface area contributed by atoms with Gasteiger partial charge >= 0.3 is 0 Å². The number of amides is 1. The van der Waals surface area contributed by atoms with Gasteiger partial charge in [-0.25, -0.2) is 9.97 Å². The topological polar surface area (TPSA) is 78.3 Å². The number of hydrogen-bond acceptors (Lipinski definition) is 6. The maximum atomic E-state index is 12.4. The second kappa shape index (κ2) is 11.6. The van der Waals surface area contributed by atoms with Gasteiger partial charge in [-0.3, -0.25) is 9.36 Å². The van der Waals surface area contributed by atoms with Crippen LogP contribution < -0.4 is 14.8 Å². The number of rotatable bonds is 11. The summed E-state index contributed by atoms with van der Waals surface area (Å²) in [6.45, 7) is 3.03. The molecule has 0 fully saturated rings. The van der Waals surface area contributed by atoms with Crippen LogP contribution >= 0.6 is 11.8 Å². The van der Waals surface area contributed by atoms with Crippen molar-refractivity contribution < 1.29 is 14.3 Å². The van der Waals surface area contributed by atoms with E-state index in [0.717, 1.165) is 34.6 Å². The minimum atomic E-state index is -0.135. The van der Waals surface area contributed by atoms with Crippen molar-refractivity contribution in [2.45, 2.75) is 19.4 Å². The standard InChI is InChI=1S/C26H28N4O3S/c1-19(33-25-6-3-4-13-27-25)17-32-22-10-8-21(9-11-22)30-18-29-23-16-20(7-12-24(23)30)26(31)28-14-5-15-34-2/h3-4,6-13,16,18-19H,5,14-15,17H2,1-2H3,(H,28,31). The van der Waals surface area contributed by atoms with Crippen molar-refractivity contribution in [2.24, 2.45) is 0 Å². The van der Waals surface area contributed by atoms with Gasteiger partial charge in [0.05, 0.1) is 11.0 Å². The number of ether oxygens (including phenoxy) is 2. The minimum absolute atomic E-state index is 0.0692. The first kappa shape index (κ1) is 23.6. The monoisotopic (exact) mass is 476 g/mol. The number of thioether (sulfide) groups is 1. The maximum Gasteiger partial charge on any atom is 0.251 e. The zero-order valence-corrected chi connectivity index (χ0v) is 20.1. The summed E-state index contributed by atoms with van der Waals surface area (Å²) < 4.78 is 13.6. The SMILES string of the molecule is CSCCCNC(=O)c1ccc2c(c1)ncn2-c1ccc(OCC(C)Oc2ccccn2)cc1. The van der Waals surface area contributed by atoms with E-state index in [-0.39, 0.29) is 12.0 Å². The number of nitrogens with one attached hydrogen (secondary N) is 1. The average molecular weight is 477 g/mol. The molecule has 0 aliphatic carbocycles. The molecule has 2 aromatic carbocycles. The molecule has 1 atom stereocenters. The van der Waals surface area contributed by atoms with Gasteiger partial charge in [-0.2, -0.15) is 11.8 Å². The molecule has 0 spiro atoms. The van der Waals surface area contributed by atoms with Gasteiger partial charge in [-0.05, 0) is 73.9 Å². The summed E-state index contributed by atoms with van der Waals surface area (Å²) in [6, 6.07) is 19.0. The fourth-order valence-corrected chi connectivity index (χ4v) is 3.89. The third-order valence-corrected chi connectivity index (χ3v) is 5.88. The number of carbonyl (C=O) groups is 1. The molecule has 0 aliphatic rings. The van der Waals surface area contributed by atoms with Crippen LogP contribution in [0.3, 0.4) is 0 Å². The zero-order chi connectivity index (χ0) is 23.8. The molecular formula is C26H28N4O3S.